The maximum atomic E-state index is 5.26. The highest BCUT2D eigenvalue weighted by atomic mass is 16.5. The summed E-state index contributed by atoms with van der Waals surface area (Å²) in [7, 11) is 0. The zero-order valence-electron chi connectivity index (χ0n) is 6.81. The Hall–Kier alpha value is -0.0400. The number of unbranched alkanes of at least 4 members (excludes halogenated alkanes) is 3. The van der Waals surface area contributed by atoms with E-state index in [0.29, 0.717) is 6.10 Å². The van der Waals surface area contributed by atoms with E-state index in [1.54, 1.807) is 0 Å². The Balaban J connectivity index is 1.76. The second-order valence-electron chi connectivity index (χ2n) is 2.93. The first-order chi connectivity index (χ1) is 4.93. The molecule has 0 spiro atoms. The van der Waals surface area contributed by atoms with Crippen molar-refractivity contribution in [2.45, 2.75) is 45.1 Å². The summed E-state index contributed by atoms with van der Waals surface area (Å²) in [5, 5.41) is 0. The topological polar surface area (TPSA) is 9.23 Å². The van der Waals surface area contributed by atoms with Gasteiger partial charge in [0.25, 0.3) is 0 Å². The molecule has 1 heteroatoms. The van der Waals surface area contributed by atoms with Gasteiger partial charge in [0.1, 0.15) is 0 Å². The lowest BCUT2D eigenvalue weighted by Crippen LogP contribution is -2.26. The van der Waals surface area contributed by atoms with E-state index in [1.165, 1.54) is 32.1 Å². The van der Waals surface area contributed by atoms with E-state index in [-0.39, 0.29) is 0 Å². The van der Waals surface area contributed by atoms with Crippen LogP contribution in [0.25, 0.3) is 0 Å². The molecule has 0 aliphatic carbocycles. The molecule has 1 heterocycles. The molecule has 1 rings (SSSR count). The molecule has 1 saturated heterocycles. The molecule has 1 fully saturated rings. The highest BCUT2D eigenvalue weighted by Crippen LogP contribution is 2.16. The first-order valence-corrected chi connectivity index (χ1v) is 4.38. The number of rotatable bonds is 5. The predicted molar refractivity (Wildman–Crippen MR) is 42.8 cm³/mol. The van der Waals surface area contributed by atoms with Crippen LogP contribution in [0.4, 0.5) is 0 Å². The van der Waals surface area contributed by atoms with E-state index in [4.69, 9.17) is 4.74 Å². The number of hydrogen-bond acceptors (Lipinski definition) is 1. The molecular weight excluding hydrogens is 124 g/mol. The van der Waals surface area contributed by atoms with Crippen molar-refractivity contribution >= 4 is 0 Å². The zero-order chi connectivity index (χ0) is 7.23. The molecule has 1 unspecified atom stereocenters. The molecule has 1 radical (unpaired) electrons. The predicted octanol–water partition coefficient (Wildman–Crippen LogP) is 2.56. The number of hydrogen-bond donors (Lipinski definition) is 0. The van der Waals surface area contributed by atoms with E-state index < -0.39 is 0 Å². The molecule has 1 atom stereocenters. The summed E-state index contributed by atoms with van der Waals surface area (Å²) in [5.41, 5.74) is 0. The summed E-state index contributed by atoms with van der Waals surface area (Å²) >= 11 is 0. The van der Waals surface area contributed by atoms with Gasteiger partial charge >= 0.3 is 0 Å². The second-order valence-corrected chi connectivity index (χ2v) is 2.93. The largest absolute Gasteiger partial charge is 0.378 e. The van der Waals surface area contributed by atoms with Gasteiger partial charge in [-0.05, 0) is 19.3 Å². The second kappa shape index (κ2) is 4.73. The van der Waals surface area contributed by atoms with Gasteiger partial charge in [-0.2, -0.15) is 0 Å². The van der Waals surface area contributed by atoms with Crippen LogP contribution in [0.3, 0.4) is 0 Å². The van der Waals surface area contributed by atoms with Crippen LogP contribution in [0.1, 0.15) is 39.0 Å². The summed E-state index contributed by atoms with van der Waals surface area (Å²) in [6.07, 6.45) is 9.36. The zero-order valence-corrected chi connectivity index (χ0v) is 6.81. The minimum Gasteiger partial charge on any atom is -0.378 e. The smallest absolute Gasteiger partial charge is 0.0628 e. The lowest BCUT2D eigenvalue weighted by Gasteiger charge is -2.25. The van der Waals surface area contributed by atoms with Crippen LogP contribution in [0.15, 0.2) is 0 Å². The third-order valence-corrected chi connectivity index (χ3v) is 1.97. The highest BCUT2D eigenvalue weighted by Gasteiger charge is 2.16. The molecule has 0 N–H and O–H groups in total. The molecule has 1 nitrogen and oxygen atoms in total. The minimum absolute atomic E-state index is 0.511. The molecule has 0 saturated carbocycles. The molecular formula is C9H17O. The van der Waals surface area contributed by atoms with Crippen molar-refractivity contribution in [2.75, 3.05) is 6.61 Å². The Morgan fingerprint density at radius 2 is 2.30 bits per heavy atom. The molecule has 0 amide bonds. The maximum absolute atomic E-state index is 5.26. The molecule has 0 aromatic rings. The molecule has 1 aliphatic heterocycles. The maximum Gasteiger partial charge on any atom is 0.0628 e. The molecule has 0 aromatic heterocycles. The van der Waals surface area contributed by atoms with Crippen molar-refractivity contribution in [1.82, 2.24) is 0 Å². The van der Waals surface area contributed by atoms with E-state index in [9.17, 15) is 0 Å². The van der Waals surface area contributed by atoms with Gasteiger partial charge in [0.05, 0.1) is 6.10 Å². The van der Waals surface area contributed by atoms with Crippen LogP contribution in [0.5, 0.6) is 0 Å². The summed E-state index contributed by atoms with van der Waals surface area (Å²) in [6, 6.07) is 0. The molecule has 0 aromatic carbocycles. The Kier molecular flexibility index (Phi) is 3.81. The van der Waals surface area contributed by atoms with Gasteiger partial charge < -0.3 is 4.74 Å². The third-order valence-electron chi connectivity index (χ3n) is 1.97. The van der Waals surface area contributed by atoms with Gasteiger partial charge in [0.15, 0.2) is 0 Å². The molecule has 1 aliphatic rings. The standard InChI is InChI=1S/C9H17O/c1-2-3-4-5-6-9-7-8-10-9/h6,9H,2-5,7-8H2,1H3. The van der Waals surface area contributed by atoms with Crippen LogP contribution in [-0.2, 0) is 4.74 Å². The van der Waals surface area contributed by atoms with E-state index in [0.717, 1.165) is 6.61 Å². The fourth-order valence-electron chi connectivity index (χ4n) is 1.14. The fourth-order valence-corrected chi connectivity index (χ4v) is 1.14. The molecule has 0 bridgehead atoms. The van der Waals surface area contributed by atoms with Crippen molar-refractivity contribution in [3.63, 3.8) is 0 Å². The SMILES string of the molecule is CCCCC[CH]C1CCO1. The van der Waals surface area contributed by atoms with Crippen LogP contribution >= 0.6 is 0 Å². The summed E-state index contributed by atoms with van der Waals surface area (Å²) < 4.78 is 5.26. The minimum atomic E-state index is 0.511. The highest BCUT2D eigenvalue weighted by molar-refractivity contribution is 4.81. The van der Waals surface area contributed by atoms with Crippen LogP contribution in [0, 0.1) is 6.42 Å². The van der Waals surface area contributed by atoms with Crippen molar-refractivity contribution in [3.05, 3.63) is 6.42 Å². The van der Waals surface area contributed by atoms with Crippen LogP contribution in [0.2, 0.25) is 0 Å². The van der Waals surface area contributed by atoms with Crippen molar-refractivity contribution in [1.29, 1.82) is 0 Å². The Morgan fingerprint density at radius 1 is 1.50 bits per heavy atom. The van der Waals surface area contributed by atoms with Gasteiger partial charge in [-0.1, -0.05) is 26.2 Å². The van der Waals surface area contributed by atoms with Gasteiger partial charge in [0, 0.05) is 6.61 Å². The summed E-state index contributed by atoms with van der Waals surface area (Å²) in [5.74, 6) is 0. The van der Waals surface area contributed by atoms with Gasteiger partial charge in [-0.25, -0.2) is 0 Å². The van der Waals surface area contributed by atoms with Crippen molar-refractivity contribution in [3.8, 4) is 0 Å². The van der Waals surface area contributed by atoms with Gasteiger partial charge in [-0.3, -0.25) is 0 Å². The van der Waals surface area contributed by atoms with Gasteiger partial charge in [0.2, 0.25) is 0 Å². The van der Waals surface area contributed by atoms with Crippen molar-refractivity contribution in [2.24, 2.45) is 0 Å². The first kappa shape index (κ1) is 8.06. The Labute approximate surface area is 63.8 Å². The lowest BCUT2D eigenvalue weighted by molar-refractivity contribution is -0.0306. The van der Waals surface area contributed by atoms with Crippen LogP contribution < -0.4 is 0 Å². The van der Waals surface area contributed by atoms with E-state index >= 15 is 0 Å². The Morgan fingerprint density at radius 3 is 2.80 bits per heavy atom. The summed E-state index contributed by atoms with van der Waals surface area (Å²) in [4.78, 5) is 0. The average molecular weight is 141 g/mol. The van der Waals surface area contributed by atoms with Gasteiger partial charge in [-0.15, -0.1) is 0 Å². The quantitative estimate of drug-likeness (QED) is 0.535. The van der Waals surface area contributed by atoms with E-state index in [1.807, 2.05) is 0 Å². The average Bonchev–Trinajstić information content (AvgIpc) is 1.84. The first-order valence-electron chi connectivity index (χ1n) is 4.38. The summed E-state index contributed by atoms with van der Waals surface area (Å²) in [6.45, 7) is 3.22. The molecule has 59 valence electrons. The normalized spacial score (nSPS) is 24.3. The number of ether oxygens (including phenoxy) is 1. The lowest BCUT2D eigenvalue weighted by atomic mass is 10.0. The van der Waals surface area contributed by atoms with Crippen LogP contribution in [-0.4, -0.2) is 12.7 Å². The third kappa shape index (κ3) is 2.70. The fraction of sp³-hybridized carbons (Fsp3) is 0.889. The monoisotopic (exact) mass is 141 g/mol. The van der Waals surface area contributed by atoms with Crippen molar-refractivity contribution < 1.29 is 4.74 Å². The Bertz CT molecular complexity index is 76.8. The van der Waals surface area contributed by atoms with E-state index in [2.05, 4.69) is 13.3 Å². The molecule has 10 heavy (non-hydrogen) atoms.